The smallest absolute Gasteiger partial charge is 0.180 e. The minimum Gasteiger partial charge on any atom is -0.377 e. The van der Waals surface area contributed by atoms with Gasteiger partial charge in [0.25, 0.3) is 0 Å². The molecule has 0 atom stereocenters. The van der Waals surface area contributed by atoms with E-state index >= 15 is 0 Å². The van der Waals surface area contributed by atoms with Crippen LogP contribution in [0, 0.1) is 0 Å². The van der Waals surface area contributed by atoms with Crippen LogP contribution in [0.5, 0.6) is 0 Å². The maximum Gasteiger partial charge on any atom is 0.180 e. The normalized spacial score (nSPS) is 12.2. The SMILES string of the molecule is CS/C(N)=N\N=C\c1ccncc1. The van der Waals surface area contributed by atoms with Gasteiger partial charge in [-0.25, -0.2) is 0 Å². The van der Waals surface area contributed by atoms with Gasteiger partial charge in [-0.1, -0.05) is 11.8 Å². The molecule has 1 aromatic rings. The molecule has 0 aliphatic rings. The van der Waals surface area contributed by atoms with Gasteiger partial charge in [-0.2, -0.15) is 5.10 Å². The van der Waals surface area contributed by atoms with Gasteiger partial charge >= 0.3 is 0 Å². The zero-order valence-corrected chi connectivity index (χ0v) is 8.03. The van der Waals surface area contributed by atoms with E-state index in [0.29, 0.717) is 5.17 Å². The largest absolute Gasteiger partial charge is 0.377 e. The van der Waals surface area contributed by atoms with Crippen LogP contribution in [0.1, 0.15) is 5.56 Å². The second kappa shape index (κ2) is 5.31. The number of pyridine rings is 1. The summed E-state index contributed by atoms with van der Waals surface area (Å²) in [5.41, 5.74) is 6.38. The van der Waals surface area contributed by atoms with Crippen molar-refractivity contribution in [1.82, 2.24) is 4.98 Å². The molecule has 0 saturated heterocycles. The average molecular weight is 194 g/mol. The van der Waals surface area contributed by atoms with Crippen molar-refractivity contribution in [2.24, 2.45) is 15.9 Å². The summed E-state index contributed by atoms with van der Waals surface area (Å²) in [7, 11) is 0. The highest BCUT2D eigenvalue weighted by Gasteiger charge is 1.84. The number of hydrogen-bond donors (Lipinski definition) is 1. The number of rotatable bonds is 2. The van der Waals surface area contributed by atoms with E-state index in [0.717, 1.165) is 5.56 Å². The number of amidine groups is 1. The molecule has 0 radical (unpaired) electrons. The standard InChI is InChI=1S/C8H10N4S/c1-13-8(9)12-11-6-7-2-4-10-5-3-7/h2-6H,1H3,(H2,9,12)/b11-6+. The van der Waals surface area contributed by atoms with Crippen LogP contribution in [-0.4, -0.2) is 22.6 Å². The summed E-state index contributed by atoms with van der Waals surface area (Å²) in [6, 6.07) is 3.68. The molecular formula is C8H10N4S. The van der Waals surface area contributed by atoms with Crippen LogP contribution < -0.4 is 5.73 Å². The molecule has 0 aliphatic heterocycles. The molecule has 2 N–H and O–H groups in total. The van der Waals surface area contributed by atoms with E-state index in [2.05, 4.69) is 15.2 Å². The molecule has 0 spiro atoms. The lowest BCUT2D eigenvalue weighted by molar-refractivity contribution is 1.25. The number of thioether (sulfide) groups is 1. The van der Waals surface area contributed by atoms with Gasteiger partial charge in [-0.05, 0) is 24.0 Å². The molecular weight excluding hydrogens is 184 g/mol. The second-order valence-electron chi connectivity index (χ2n) is 2.17. The van der Waals surface area contributed by atoms with Crippen LogP contribution in [0.3, 0.4) is 0 Å². The van der Waals surface area contributed by atoms with E-state index in [4.69, 9.17) is 5.73 Å². The molecule has 0 unspecified atom stereocenters. The van der Waals surface area contributed by atoms with Gasteiger partial charge in [0.05, 0.1) is 6.21 Å². The van der Waals surface area contributed by atoms with Crippen molar-refractivity contribution >= 4 is 23.1 Å². The van der Waals surface area contributed by atoms with Crippen molar-refractivity contribution in [1.29, 1.82) is 0 Å². The first-order chi connectivity index (χ1) is 6.33. The predicted molar refractivity (Wildman–Crippen MR) is 57.0 cm³/mol. The van der Waals surface area contributed by atoms with Gasteiger partial charge in [0.2, 0.25) is 0 Å². The molecule has 0 bridgehead atoms. The van der Waals surface area contributed by atoms with Gasteiger partial charge in [-0.15, -0.1) is 5.10 Å². The fourth-order valence-corrected chi connectivity index (χ4v) is 0.772. The Labute approximate surface area is 81.0 Å². The molecule has 0 aliphatic carbocycles. The molecule has 0 amide bonds. The highest BCUT2D eigenvalue weighted by atomic mass is 32.2. The maximum absolute atomic E-state index is 5.42. The van der Waals surface area contributed by atoms with Gasteiger partial charge < -0.3 is 5.73 Å². The summed E-state index contributed by atoms with van der Waals surface area (Å²) in [6.45, 7) is 0. The minimum atomic E-state index is 0.449. The van der Waals surface area contributed by atoms with Crippen molar-refractivity contribution in [3.8, 4) is 0 Å². The molecule has 0 fully saturated rings. The summed E-state index contributed by atoms with van der Waals surface area (Å²) in [4.78, 5) is 3.88. The fraction of sp³-hybridized carbons (Fsp3) is 0.125. The summed E-state index contributed by atoms with van der Waals surface area (Å²) in [5, 5.41) is 8.00. The van der Waals surface area contributed by atoms with Crippen molar-refractivity contribution < 1.29 is 0 Å². The van der Waals surface area contributed by atoms with Crippen LogP contribution in [0.2, 0.25) is 0 Å². The average Bonchev–Trinajstić information content (AvgIpc) is 2.19. The van der Waals surface area contributed by atoms with Crippen LogP contribution in [0.25, 0.3) is 0 Å². The molecule has 0 saturated carbocycles. The van der Waals surface area contributed by atoms with Gasteiger partial charge in [0.15, 0.2) is 5.17 Å². The van der Waals surface area contributed by atoms with Crippen LogP contribution in [0.15, 0.2) is 34.7 Å². The third-order valence-electron chi connectivity index (χ3n) is 1.28. The Kier molecular flexibility index (Phi) is 3.98. The lowest BCUT2D eigenvalue weighted by atomic mass is 10.3. The van der Waals surface area contributed by atoms with Crippen molar-refractivity contribution in [2.45, 2.75) is 0 Å². The molecule has 4 nitrogen and oxygen atoms in total. The maximum atomic E-state index is 5.42. The van der Waals surface area contributed by atoms with E-state index in [1.165, 1.54) is 11.8 Å². The molecule has 1 aromatic heterocycles. The zero-order chi connectivity index (χ0) is 9.52. The van der Waals surface area contributed by atoms with E-state index < -0.39 is 0 Å². The highest BCUT2D eigenvalue weighted by Crippen LogP contribution is 1.93. The Balaban J connectivity index is 2.60. The molecule has 13 heavy (non-hydrogen) atoms. The number of nitrogens with two attached hydrogens (primary N) is 1. The van der Waals surface area contributed by atoms with Crippen LogP contribution >= 0.6 is 11.8 Å². The summed E-state index contributed by atoms with van der Waals surface area (Å²) in [6.07, 6.45) is 6.87. The highest BCUT2D eigenvalue weighted by molar-refractivity contribution is 8.13. The third kappa shape index (κ3) is 3.71. The lowest BCUT2D eigenvalue weighted by Gasteiger charge is -1.89. The Morgan fingerprint density at radius 2 is 2.23 bits per heavy atom. The van der Waals surface area contributed by atoms with E-state index in [1.54, 1.807) is 18.6 Å². The quantitative estimate of drug-likeness (QED) is 0.435. The van der Waals surface area contributed by atoms with Crippen molar-refractivity contribution in [3.05, 3.63) is 30.1 Å². The molecule has 5 heteroatoms. The zero-order valence-electron chi connectivity index (χ0n) is 7.21. The summed E-state index contributed by atoms with van der Waals surface area (Å²) in [5.74, 6) is 0. The molecule has 0 aromatic carbocycles. The second-order valence-corrected chi connectivity index (χ2v) is 2.99. The molecule has 1 rings (SSSR count). The monoisotopic (exact) mass is 194 g/mol. The number of nitrogens with zero attached hydrogens (tertiary/aromatic N) is 3. The van der Waals surface area contributed by atoms with E-state index in [1.807, 2.05) is 18.4 Å². The number of hydrogen-bond acceptors (Lipinski definition) is 4. The van der Waals surface area contributed by atoms with Gasteiger partial charge in [0.1, 0.15) is 0 Å². The van der Waals surface area contributed by atoms with Crippen LogP contribution in [0.4, 0.5) is 0 Å². The minimum absolute atomic E-state index is 0.449. The Morgan fingerprint density at radius 1 is 1.54 bits per heavy atom. The molecule has 1 heterocycles. The Morgan fingerprint density at radius 3 is 2.85 bits per heavy atom. The molecule has 68 valence electrons. The topological polar surface area (TPSA) is 63.6 Å². The van der Waals surface area contributed by atoms with E-state index in [-0.39, 0.29) is 0 Å². The first kappa shape index (κ1) is 9.73. The Hall–Kier alpha value is -1.36. The van der Waals surface area contributed by atoms with Crippen molar-refractivity contribution in [3.63, 3.8) is 0 Å². The first-order valence-corrected chi connectivity index (χ1v) is 4.86. The van der Waals surface area contributed by atoms with Crippen LogP contribution in [-0.2, 0) is 0 Å². The fourth-order valence-electron chi connectivity index (χ4n) is 0.643. The lowest BCUT2D eigenvalue weighted by Crippen LogP contribution is -2.03. The predicted octanol–water partition coefficient (Wildman–Crippen LogP) is 1.09. The third-order valence-corrected chi connectivity index (χ3v) is 1.78. The summed E-state index contributed by atoms with van der Waals surface area (Å²) >= 11 is 1.36. The number of aromatic nitrogens is 1. The van der Waals surface area contributed by atoms with Crippen molar-refractivity contribution in [2.75, 3.05) is 6.26 Å². The summed E-state index contributed by atoms with van der Waals surface area (Å²) < 4.78 is 0. The van der Waals surface area contributed by atoms with Gasteiger partial charge in [0, 0.05) is 12.4 Å². The Bertz CT molecular complexity index is 307. The first-order valence-electron chi connectivity index (χ1n) is 3.63. The van der Waals surface area contributed by atoms with E-state index in [9.17, 15) is 0 Å². The van der Waals surface area contributed by atoms with Gasteiger partial charge in [-0.3, -0.25) is 4.98 Å².